The zero-order chi connectivity index (χ0) is 13.8. The minimum absolute atomic E-state index is 0.671. The number of thiazole rings is 1. The molecule has 3 nitrogen and oxygen atoms in total. The first kappa shape index (κ1) is 14.3. The molecule has 2 aromatic heterocycles. The number of rotatable bonds is 6. The Labute approximate surface area is 119 Å². The normalized spacial score (nSPS) is 11.4. The Hall–Kier alpha value is -1.13. The van der Waals surface area contributed by atoms with E-state index in [4.69, 9.17) is 9.40 Å². The molecule has 0 bridgehead atoms. The number of furan rings is 1. The molecule has 19 heavy (non-hydrogen) atoms. The summed E-state index contributed by atoms with van der Waals surface area (Å²) in [6.07, 6.45) is 2.70. The third kappa shape index (κ3) is 3.45. The molecular weight excluding hydrogens is 256 g/mol. The van der Waals surface area contributed by atoms with Gasteiger partial charge in [-0.15, -0.1) is 11.3 Å². The first-order chi connectivity index (χ1) is 9.11. The van der Waals surface area contributed by atoms with Crippen LogP contribution >= 0.6 is 11.3 Å². The van der Waals surface area contributed by atoms with Gasteiger partial charge in [-0.1, -0.05) is 20.8 Å². The summed E-state index contributed by atoms with van der Waals surface area (Å²) in [7, 11) is 0. The third-order valence-corrected chi connectivity index (χ3v) is 4.10. The SMILES string of the molecule is CCc1nc(-c2occc2C)sc1CNCC(C)C. The Morgan fingerprint density at radius 1 is 1.42 bits per heavy atom. The molecule has 1 N–H and O–H groups in total. The van der Waals surface area contributed by atoms with Crippen LogP contribution in [0.2, 0.25) is 0 Å². The average Bonchev–Trinajstić information content (AvgIpc) is 2.94. The van der Waals surface area contributed by atoms with Gasteiger partial charge in [0.2, 0.25) is 0 Å². The largest absolute Gasteiger partial charge is 0.462 e. The highest BCUT2D eigenvalue weighted by molar-refractivity contribution is 7.15. The van der Waals surface area contributed by atoms with E-state index in [1.54, 1.807) is 17.6 Å². The fourth-order valence-electron chi connectivity index (χ4n) is 1.96. The molecule has 0 aliphatic rings. The Bertz CT molecular complexity index is 528. The predicted molar refractivity (Wildman–Crippen MR) is 80.5 cm³/mol. The van der Waals surface area contributed by atoms with Crippen LogP contribution in [0.3, 0.4) is 0 Å². The maximum absolute atomic E-state index is 5.53. The van der Waals surface area contributed by atoms with E-state index >= 15 is 0 Å². The number of nitrogens with zero attached hydrogens (tertiary/aromatic N) is 1. The lowest BCUT2D eigenvalue weighted by molar-refractivity contribution is 0.553. The van der Waals surface area contributed by atoms with E-state index in [0.717, 1.165) is 35.8 Å². The van der Waals surface area contributed by atoms with Crippen LogP contribution in [-0.4, -0.2) is 11.5 Å². The van der Waals surface area contributed by atoms with E-state index in [0.29, 0.717) is 5.92 Å². The molecule has 0 fully saturated rings. The molecule has 0 spiro atoms. The van der Waals surface area contributed by atoms with Crippen molar-refractivity contribution in [2.45, 2.75) is 40.7 Å². The Kier molecular flexibility index (Phi) is 4.77. The Morgan fingerprint density at radius 2 is 2.21 bits per heavy atom. The zero-order valence-corrected chi connectivity index (χ0v) is 12.9. The Balaban J connectivity index is 2.16. The summed E-state index contributed by atoms with van der Waals surface area (Å²) in [6, 6.07) is 1.99. The lowest BCUT2D eigenvalue weighted by Gasteiger charge is -2.06. The van der Waals surface area contributed by atoms with Gasteiger partial charge in [0, 0.05) is 11.4 Å². The number of nitrogens with one attached hydrogen (secondary N) is 1. The molecule has 0 saturated heterocycles. The summed E-state index contributed by atoms with van der Waals surface area (Å²) in [6.45, 7) is 10.6. The second-order valence-corrected chi connectivity index (χ2v) is 6.28. The minimum Gasteiger partial charge on any atom is -0.462 e. The molecule has 0 aliphatic carbocycles. The van der Waals surface area contributed by atoms with Crippen LogP contribution in [0.15, 0.2) is 16.7 Å². The summed E-state index contributed by atoms with van der Waals surface area (Å²) < 4.78 is 5.53. The summed E-state index contributed by atoms with van der Waals surface area (Å²) in [5, 5.41) is 4.49. The molecule has 2 rings (SSSR count). The van der Waals surface area contributed by atoms with Crippen molar-refractivity contribution in [2.75, 3.05) is 6.54 Å². The molecule has 0 aromatic carbocycles. The predicted octanol–water partition coefficient (Wildman–Crippen LogP) is 4.02. The molecular formula is C15H22N2OS. The first-order valence-electron chi connectivity index (χ1n) is 6.85. The van der Waals surface area contributed by atoms with Gasteiger partial charge < -0.3 is 9.73 Å². The fourth-order valence-corrected chi connectivity index (χ4v) is 3.13. The van der Waals surface area contributed by atoms with E-state index in [2.05, 4.69) is 33.0 Å². The lowest BCUT2D eigenvalue weighted by atomic mass is 10.2. The van der Waals surface area contributed by atoms with Crippen LogP contribution in [0.25, 0.3) is 10.8 Å². The molecule has 0 aliphatic heterocycles. The van der Waals surface area contributed by atoms with Gasteiger partial charge in [-0.2, -0.15) is 0 Å². The molecule has 0 atom stereocenters. The highest BCUT2D eigenvalue weighted by Gasteiger charge is 2.14. The van der Waals surface area contributed by atoms with Crippen molar-refractivity contribution < 1.29 is 4.42 Å². The van der Waals surface area contributed by atoms with Crippen LogP contribution in [0.4, 0.5) is 0 Å². The van der Waals surface area contributed by atoms with Gasteiger partial charge in [0.05, 0.1) is 12.0 Å². The highest BCUT2D eigenvalue weighted by Crippen LogP contribution is 2.31. The summed E-state index contributed by atoms with van der Waals surface area (Å²) in [4.78, 5) is 6.04. The van der Waals surface area contributed by atoms with E-state index in [9.17, 15) is 0 Å². The second-order valence-electron chi connectivity index (χ2n) is 5.20. The van der Waals surface area contributed by atoms with Crippen molar-refractivity contribution in [1.82, 2.24) is 10.3 Å². The van der Waals surface area contributed by atoms with Crippen LogP contribution in [-0.2, 0) is 13.0 Å². The van der Waals surface area contributed by atoms with Crippen LogP contribution in [0.5, 0.6) is 0 Å². The van der Waals surface area contributed by atoms with Gasteiger partial charge in [-0.05, 0) is 37.4 Å². The third-order valence-electron chi connectivity index (χ3n) is 3.01. The van der Waals surface area contributed by atoms with Crippen molar-refractivity contribution in [3.63, 3.8) is 0 Å². The maximum Gasteiger partial charge on any atom is 0.165 e. The van der Waals surface area contributed by atoms with Gasteiger partial charge in [0.15, 0.2) is 10.8 Å². The monoisotopic (exact) mass is 278 g/mol. The van der Waals surface area contributed by atoms with E-state index in [1.165, 1.54) is 10.6 Å². The highest BCUT2D eigenvalue weighted by atomic mass is 32.1. The molecule has 2 aromatic rings. The topological polar surface area (TPSA) is 38.1 Å². The molecule has 0 unspecified atom stereocenters. The summed E-state index contributed by atoms with van der Waals surface area (Å²) >= 11 is 1.74. The zero-order valence-electron chi connectivity index (χ0n) is 12.1. The fraction of sp³-hybridized carbons (Fsp3) is 0.533. The van der Waals surface area contributed by atoms with Gasteiger partial charge in [0.25, 0.3) is 0 Å². The minimum atomic E-state index is 0.671. The van der Waals surface area contributed by atoms with Gasteiger partial charge in [-0.3, -0.25) is 0 Å². The first-order valence-corrected chi connectivity index (χ1v) is 7.67. The smallest absolute Gasteiger partial charge is 0.165 e. The van der Waals surface area contributed by atoms with Crippen molar-refractivity contribution in [1.29, 1.82) is 0 Å². The quantitative estimate of drug-likeness (QED) is 0.867. The maximum atomic E-state index is 5.53. The number of aryl methyl sites for hydroxylation is 2. The van der Waals surface area contributed by atoms with Crippen LogP contribution in [0.1, 0.15) is 36.9 Å². The standard InChI is InChI=1S/C15H22N2OS/c1-5-12-13(9-16-8-10(2)3)19-15(17-12)14-11(4)6-7-18-14/h6-7,10,16H,5,8-9H2,1-4H3. The van der Waals surface area contributed by atoms with Crippen LogP contribution < -0.4 is 5.32 Å². The molecule has 104 valence electrons. The second kappa shape index (κ2) is 6.35. The van der Waals surface area contributed by atoms with E-state index in [-0.39, 0.29) is 0 Å². The van der Waals surface area contributed by atoms with Crippen molar-refractivity contribution in [3.8, 4) is 10.8 Å². The van der Waals surface area contributed by atoms with Crippen molar-refractivity contribution >= 4 is 11.3 Å². The van der Waals surface area contributed by atoms with Crippen molar-refractivity contribution in [2.24, 2.45) is 5.92 Å². The molecule has 4 heteroatoms. The van der Waals surface area contributed by atoms with Gasteiger partial charge in [-0.25, -0.2) is 4.98 Å². The van der Waals surface area contributed by atoms with Gasteiger partial charge in [0.1, 0.15) is 0 Å². The molecule has 0 radical (unpaired) electrons. The summed E-state index contributed by atoms with van der Waals surface area (Å²) in [5.41, 5.74) is 2.34. The van der Waals surface area contributed by atoms with Crippen molar-refractivity contribution in [3.05, 3.63) is 28.5 Å². The molecule has 2 heterocycles. The average molecular weight is 278 g/mol. The number of hydrogen-bond acceptors (Lipinski definition) is 4. The Morgan fingerprint density at radius 3 is 2.79 bits per heavy atom. The molecule has 0 amide bonds. The van der Waals surface area contributed by atoms with Crippen LogP contribution in [0, 0.1) is 12.8 Å². The number of aromatic nitrogens is 1. The van der Waals surface area contributed by atoms with E-state index < -0.39 is 0 Å². The summed E-state index contributed by atoms with van der Waals surface area (Å²) in [5.74, 6) is 1.58. The molecule has 0 saturated carbocycles. The van der Waals surface area contributed by atoms with Gasteiger partial charge >= 0.3 is 0 Å². The number of hydrogen-bond donors (Lipinski definition) is 1. The van der Waals surface area contributed by atoms with E-state index in [1.807, 2.05) is 6.07 Å². The lowest BCUT2D eigenvalue weighted by Crippen LogP contribution is -2.18.